The van der Waals surface area contributed by atoms with Crippen molar-refractivity contribution in [1.29, 1.82) is 0 Å². The predicted octanol–water partition coefficient (Wildman–Crippen LogP) is -1.13. The lowest BCUT2D eigenvalue weighted by atomic mass is 10.0. The Morgan fingerprint density at radius 3 is 2.19 bits per heavy atom. The largest absolute Gasteiger partial charge is 0.507 e. The first-order valence-corrected chi connectivity index (χ1v) is 16.8. The summed E-state index contributed by atoms with van der Waals surface area (Å²) in [5.74, 6) is -3.79. The molecule has 4 heterocycles. The number of rotatable bonds is 13. The van der Waals surface area contributed by atoms with Crippen LogP contribution < -0.4 is 5.73 Å². The molecule has 0 bridgehead atoms. The number of methoxy groups -OCH3 is 1. The van der Waals surface area contributed by atoms with Gasteiger partial charge in [-0.15, -0.1) is 0 Å². The number of nitrogens with two attached hydrogens (primary N) is 1. The van der Waals surface area contributed by atoms with Crippen molar-refractivity contribution in [1.82, 2.24) is 4.90 Å². The number of amides is 2. The standard InChI is InChI=1S/C34H45ClN2O15/c1-16(35)11-9-7-5-4-6-8-10-12-19(38)23-25(42)18(13-22(36)40)37(31(23)46)32-29(26(43)20(39)14-48-32)52-33-28(45)27(44)21(15-49-33)51-34-30(47-3)24(41)17(2)50-34/h4-12,17-18,20-21,24,26-30,32-34,38-39,41,43-45H,13-15H2,1-3H3,(H2,36,40)/b5-4+,8-6+,9-7+,12-10+,16-11-,23-19-/t17-,18+,20-,21-,24-,26+,27-,28+,29-,30+,32-,33+,34-/m1/s1. The molecule has 0 saturated carbocycles. The SMILES string of the molecule is CO[C@@H]1[C@@H](O[C@@H]2CO[C@@H](O[C@@H]3[C@@H](O)[C@H](O)CO[C@H]3N3C(=O)/C(=C(O)/C=C/C=C/C=C/C=C/C=C(/C)Cl)C(=O)[C@@H]3CC(N)=O)[C@@H](O)[C@@H]2O)O[C@H](C)[C@H]1O. The van der Waals surface area contributed by atoms with Gasteiger partial charge in [0, 0.05) is 12.1 Å². The molecule has 0 aromatic rings. The van der Waals surface area contributed by atoms with Gasteiger partial charge in [0.05, 0.1) is 25.7 Å². The minimum absolute atomic E-state index is 0.398. The van der Waals surface area contributed by atoms with E-state index in [9.17, 15) is 45.0 Å². The monoisotopic (exact) mass is 756 g/mol. The van der Waals surface area contributed by atoms with Crippen LogP contribution in [0.15, 0.2) is 71.0 Å². The first-order chi connectivity index (χ1) is 24.7. The molecule has 2 amide bonds. The number of hydrogen-bond acceptors (Lipinski definition) is 15. The summed E-state index contributed by atoms with van der Waals surface area (Å²) in [6.45, 7) is 2.38. The second-order valence-corrected chi connectivity index (χ2v) is 13.0. The van der Waals surface area contributed by atoms with Crippen LogP contribution >= 0.6 is 11.6 Å². The van der Waals surface area contributed by atoms with Crippen molar-refractivity contribution in [3.05, 3.63) is 71.0 Å². The van der Waals surface area contributed by atoms with E-state index in [1.807, 2.05) is 0 Å². The number of carbonyl (C=O) groups excluding carboxylic acids is 3. The van der Waals surface area contributed by atoms with Crippen LogP contribution in [0.3, 0.4) is 0 Å². The maximum atomic E-state index is 13.8. The van der Waals surface area contributed by atoms with Crippen molar-refractivity contribution >= 4 is 29.2 Å². The minimum atomic E-state index is -1.84. The highest BCUT2D eigenvalue weighted by molar-refractivity contribution is 6.29. The normalized spacial score (nSPS) is 38.9. The van der Waals surface area contributed by atoms with Crippen molar-refractivity contribution in [2.24, 2.45) is 5.73 Å². The Morgan fingerprint density at radius 1 is 0.904 bits per heavy atom. The van der Waals surface area contributed by atoms with Gasteiger partial charge in [0.2, 0.25) is 5.91 Å². The van der Waals surface area contributed by atoms with Crippen LogP contribution in [-0.4, -0.2) is 153 Å². The predicted molar refractivity (Wildman–Crippen MR) is 180 cm³/mol. The van der Waals surface area contributed by atoms with E-state index in [2.05, 4.69) is 0 Å². The van der Waals surface area contributed by atoms with Crippen LogP contribution in [0.2, 0.25) is 0 Å². The molecule has 4 fully saturated rings. The third-order valence-corrected chi connectivity index (χ3v) is 8.82. The number of carbonyl (C=O) groups is 3. The lowest BCUT2D eigenvalue weighted by molar-refractivity contribution is -0.338. The van der Waals surface area contributed by atoms with E-state index in [0.717, 1.165) is 11.0 Å². The van der Waals surface area contributed by atoms with E-state index < -0.39 is 128 Å². The van der Waals surface area contributed by atoms with Gasteiger partial charge in [-0.3, -0.25) is 19.3 Å². The number of ether oxygens (including phenoxy) is 6. The third-order valence-electron chi connectivity index (χ3n) is 8.70. The average Bonchev–Trinajstić information content (AvgIpc) is 3.49. The van der Waals surface area contributed by atoms with E-state index in [1.165, 1.54) is 19.3 Å². The first-order valence-electron chi connectivity index (χ1n) is 16.4. The molecule has 0 aromatic carbocycles. The van der Waals surface area contributed by atoms with Crippen molar-refractivity contribution in [3.63, 3.8) is 0 Å². The average molecular weight is 757 g/mol. The molecule has 4 rings (SSSR count). The fourth-order valence-electron chi connectivity index (χ4n) is 5.97. The Hall–Kier alpha value is -3.30. The summed E-state index contributed by atoms with van der Waals surface area (Å²) in [7, 11) is 1.34. The summed E-state index contributed by atoms with van der Waals surface area (Å²) in [4.78, 5) is 40.1. The summed E-state index contributed by atoms with van der Waals surface area (Å²) in [6.07, 6.45) is -3.53. The molecule has 17 nitrogen and oxygen atoms in total. The van der Waals surface area contributed by atoms with Gasteiger partial charge in [-0.2, -0.15) is 0 Å². The Labute approximate surface area is 304 Å². The molecular formula is C34H45ClN2O15. The highest BCUT2D eigenvalue weighted by Crippen LogP contribution is 2.35. The molecule has 8 N–H and O–H groups in total. The molecule has 0 unspecified atom stereocenters. The van der Waals surface area contributed by atoms with E-state index in [1.54, 1.807) is 50.3 Å². The van der Waals surface area contributed by atoms with E-state index in [0.29, 0.717) is 5.03 Å². The fraction of sp³-hybridized carbons (Fsp3) is 0.559. The lowest BCUT2D eigenvalue weighted by Crippen LogP contribution is -2.65. The molecule has 13 atom stereocenters. The topological polar surface area (TPSA) is 257 Å². The van der Waals surface area contributed by atoms with Gasteiger partial charge in [-0.1, -0.05) is 54.1 Å². The molecule has 4 aliphatic heterocycles. The number of primary amides is 1. The summed E-state index contributed by atoms with van der Waals surface area (Å²) < 4.78 is 33.6. The van der Waals surface area contributed by atoms with Gasteiger partial charge in [0.25, 0.3) is 5.91 Å². The fourth-order valence-corrected chi connectivity index (χ4v) is 6.05. The molecule has 18 heteroatoms. The Kier molecular flexibility index (Phi) is 14.9. The van der Waals surface area contributed by atoms with Crippen molar-refractivity contribution < 1.29 is 73.4 Å². The second-order valence-electron chi connectivity index (χ2n) is 12.4. The van der Waals surface area contributed by atoms with Gasteiger partial charge in [-0.25, -0.2) is 0 Å². The molecule has 4 saturated heterocycles. The van der Waals surface area contributed by atoms with E-state index in [-0.39, 0.29) is 0 Å². The van der Waals surface area contributed by atoms with E-state index in [4.69, 9.17) is 45.8 Å². The zero-order valence-electron chi connectivity index (χ0n) is 28.6. The molecular weight excluding hydrogens is 712 g/mol. The van der Waals surface area contributed by atoms with Crippen molar-refractivity contribution in [3.8, 4) is 0 Å². The molecule has 0 radical (unpaired) electrons. The van der Waals surface area contributed by atoms with E-state index >= 15 is 0 Å². The van der Waals surface area contributed by atoms with Crippen LogP contribution in [0.5, 0.6) is 0 Å². The van der Waals surface area contributed by atoms with Gasteiger partial charge in [0.1, 0.15) is 66.2 Å². The number of aliphatic hydroxyl groups excluding tert-OH is 6. The highest BCUT2D eigenvalue weighted by Gasteiger charge is 2.56. The van der Waals surface area contributed by atoms with Crippen LogP contribution in [0.1, 0.15) is 20.3 Å². The number of nitrogens with zero attached hydrogens (tertiary/aromatic N) is 1. The molecule has 0 aliphatic carbocycles. The quantitative estimate of drug-likeness (QED) is 0.0508. The Bertz CT molecular complexity index is 1480. The smallest absolute Gasteiger partial charge is 0.264 e. The minimum Gasteiger partial charge on any atom is -0.507 e. The summed E-state index contributed by atoms with van der Waals surface area (Å²) >= 11 is 5.75. The Morgan fingerprint density at radius 2 is 1.56 bits per heavy atom. The number of ketones is 1. The van der Waals surface area contributed by atoms with Gasteiger partial charge < -0.3 is 64.8 Å². The number of Topliss-reactive ketones (excluding diaryl/α,β-unsaturated/α-hetero) is 1. The highest BCUT2D eigenvalue weighted by atomic mass is 35.5. The van der Waals surface area contributed by atoms with Crippen LogP contribution in [0, 0.1) is 0 Å². The number of halogens is 1. The molecule has 0 spiro atoms. The second kappa shape index (κ2) is 18.6. The lowest BCUT2D eigenvalue weighted by Gasteiger charge is -2.46. The zero-order valence-corrected chi connectivity index (χ0v) is 29.3. The zero-order chi connectivity index (χ0) is 38.3. The maximum absolute atomic E-state index is 13.8. The Balaban J connectivity index is 1.52. The summed E-state index contributed by atoms with van der Waals surface area (Å²) in [6, 6.07) is -1.61. The van der Waals surface area contributed by atoms with Crippen molar-refractivity contribution in [2.45, 2.75) is 100 Å². The number of likely N-dealkylation sites (tertiary alicyclic amines) is 1. The van der Waals surface area contributed by atoms with Gasteiger partial charge in [0.15, 0.2) is 24.6 Å². The third kappa shape index (κ3) is 9.62. The molecule has 0 aromatic heterocycles. The maximum Gasteiger partial charge on any atom is 0.264 e. The summed E-state index contributed by atoms with van der Waals surface area (Å²) in [5.41, 5.74) is 4.70. The molecule has 4 aliphatic rings. The molecule has 52 heavy (non-hydrogen) atoms. The number of aliphatic hydroxyl groups is 6. The molecule has 288 valence electrons. The van der Waals surface area contributed by atoms with Crippen LogP contribution in [-0.2, 0) is 42.8 Å². The van der Waals surface area contributed by atoms with Crippen LogP contribution in [0.25, 0.3) is 0 Å². The van der Waals surface area contributed by atoms with Gasteiger partial charge in [-0.05, 0) is 26.0 Å². The van der Waals surface area contributed by atoms with Crippen molar-refractivity contribution in [2.75, 3.05) is 20.3 Å². The number of hydrogen-bond donors (Lipinski definition) is 7. The van der Waals surface area contributed by atoms with Gasteiger partial charge >= 0.3 is 0 Å². The first kappa shape index (κ1) is 41.5. The number of allylic oxidation sites excluding steroid dienone is 10. The summed E-state index contributed by atoms with van der Waals surface area (Å²) in [5, 5.41) is 65.0. The van der Waals surface area contributed by atoms with Crippen LogP contribution in [0.4, 0.5) is 0 Å².